The van der Waals surface area contributed by atoms with Gasteiger partial charge in [-0.15, -0.1) is 0 Å². The molecule has 0 atom stereocenters. The summed E-state index contributed by atoms with van der Waals surface area (Å²) in [6.45, 7) is 0. The summed E-state index contributed by atoms with van der Waals surface area (Å²) in [7, 11) is 1.67. The number of nitrogens with zero attached hydrogens (tertiary/aromatic N) is 2. The summed E-state index contributed by atoms with van der Waals surface area (Å²) in [4.78, 5) is 22.3. The van der Waals surface area contributed by atoms with Crippen LogP contribution in [0.3, 0.4) is 0 Å². The third-order valence-electron chi connectivity index (χ3n) is 6.64. The molecule has 4 rings (SSSR count). The fraction of sp³-hybridized carbons (Fsp3) is 0.560. The third-order valence-corrected chi connectivity index (χ3v) is 6.64. The van der Waals surface area contributed by atoms with Crippen LogP contribution in [0.15, 0.2) is 30.5 Å². The van der Waals surface area contributed by atoms with Gasteiger partial charge < -0.3 is 10.1 Å². The zero-order valence-corrected chi connectivity index (χ0v) is 18.0. The Kier molecular flexibility index (Phi) is 6.98. The van der Waals surface area contributed by atoms with Crippen molar-refractivity contribution in [2.75, 3.05) is 12.4 Å². The average molecular weight is 408 g/mol. The second kappa shape index (κ2) is 10.1. The molecule has 5 nitrogen and oxygen atoms in total. The van der Waals surface area contributed by atoms with Gasteiger partial charge in [0.15, 0.2) is 5.82 Å². The Morgan fingerprint density at radius 1 is 1.00 bits per heavy atom. The number of nitrogens with one attached hydrogen (secondary N) is 1. The highest BCUT2D eigenvalue weighted by Crippen LogP contribution is 2.31. The number of carbonyl (C=O) groups is 1. The third kappa shape index (κ3) is 5.38. The number of ether oxygens (including phenoxy) is 1. The molecular formula is C25H33N3O2. The van der Waals surface area contributed by atoms with E-state index in [4.69, 9.17) is 9.72 Å². The predicted octanol–water partition coefficient (Wildman–Crippen LogP) is 5.79. The van der Waals surface area contributed by atoms with Crippen LogP contribution in [0.4, 0.5) is 5.82 Å². The molecule has 0 aliphatic heterocycles. The Labute approximate surface area is 179 Å². The van der Waals surface area contributed by atoms with Crippen LogP contribution in [-0.4, -0.2) is 23.0 Å². The maximum absolute atomic E-state index is 12.7. The molecule has 2 aliphatic carbocycles. The maximum Gasteiger partial charge on any atom is 0.225 e. The van der Waals surface area contributed by atoms with Crippen molar-refractivity contribution >= 4 is 11.7 Å². The van der Waals surface area contributed by atoms with Gasteiger partial charge >= 0.3 is 0 Å². The Morgan fingerprint density at radius 3 is 2.37 bits per heavy atom. The monoisotopic (exact) mass is 407 g/mol. The molecule has 2 fully saturated rings. The molecule has 1 heterocycles. The molecular weight excluding hydrogens is 374 g/mol. The number of methoxy groups -OCH3 is 1. The molecule has 1 N–H and O–H groups in total. The lowest BCUT2D eigenvalue weighted by atomic mass is 9.87. The highest BCUT2D eigenvalue weighted by Gasteiger charge is 2.22. The predicted molar refractivity (Wildman–Crippen MR) is 120 cm³/mol. The van der Waals surface area contributed by atoms with Gasteiger partial charge in [0.2, 0.25) is 5.91 Å². The molecule has 0 spiro atoms. The van der Waals surface area contributed by atoms with Crippen molar-refractivity contribution in [3.63, 3.8) is 0 Å². The van der Waals surface area contributed by atoms with Crippen LogP contribution in [0.25, 0.3) is 11.3 Å². The summed E-state index contributed by atoms with van der Waals surface area (Å²) in [6.07, 6.45) is 14.5. The molecule has 0 radical (unpaired) electrons. The maximum atomic E-state index is 12.7. The van der Waals surface area contributed by atoms with Crippen LogP contribution < -0.4 is 10.1 Å². The molecule has 30 heavy (non-hydrogen) atoms. The lowest BCUT2D eigenvalue weighted by Crippen LogP contribution is -2.20. The minimum atomic E-state index is 0.0843. The Morgan fingerprint density at radius 2 is 1.67 bits per heavy atom. The molecule has 1 aromatic heterocycles. The van der Waals surface area contributed by atoms with Crippen molar-refractivity contribution in [3.8, 4) is 17.0 Å². The highest BCUT2D eigenvalue weighted by atomic mass is 16.5. The minimum Gasteiger partial charge on any atom is -0.497 e. The van der Waals surface area contributed by atoms with Crippen molar-refractivity contribution in [3.05, 3.63) is 36.2 Å². The lowest BCUT2D eigenvalue weighted by Gasteiger charge is -2.21. The highest BCUT2D eigenvalue weighted by molar-refractivity contribution is 5.90. The number of hydrogen-bond donors (Lipinski definition) is 1. The number of anilines is 1. The average Bonchev–Trinajstić information content (AvgIpc) is 3.29. The van der Waals surface area contributed by atoms with Crippen LogP contribution in [0.2, 0.25) is 0 Å². The van der Waals surface area contributed by atoms with E-state index in [1.165, 1.54) is 57.8 Å². The van der Waals surface area contributed by atoms with Gasteiger partial charge in [-0.1, -0.05) is 44.9 Å². The van der Waals surface area contributed by atoms with Crippen LogP contribution in [0.1, 0.15) is 69.9 Å². The SMILES string of the molecule is COc1ccc(-c2cnc(NC(=O)CC3CCCCC3)c(CC3CCCC3)n2)cc1. The van der Waals surface area contributed by atoms with Crippen molar-refractivity contribution < 1.29 is 9.53 Å². The van der Waals surface area contributed by atoms with Gasteiger partial charge in [-0.05, 0) is 55.4 Å². The van der Waals surface area contributed by atoms with Crippen LogP contribution in [-0.2, 0) is 11.2 Å². The second-order valence-electron chi connectivity index (χ2n) is 8.89. The van der Waals surface area contributed by atoms with E-state index < -0.39 is 0 Å². The van der Waals surface area contributed by atoms with E-state index in [-0.39, 0.29) is 5.91 Å². The van der Waals surface area contributed by atoms with E-state index in [2.05, 4.69) is 10.3 Å². The molecule has 1 amide bonds. The smallest absolute Gasteiger partial charge is 0.225 e. The van der Waals surface area contributed by atoms with E-state index in [0.717, 1.165) is 29.1 Å². The number of aromatic nitrogens is 2. The fourth-order valence-corrected chi connectivity index (χ4v) is 4.90. The zero-order valence-electron chi connectivity index (χ0n) is 18.0. The van der Waals surface area contributed by atoms with E-state index in [0.29, 0.717) is 24.1 Å². The standard InChI is InChI=1S/C25H33N3O2/c1-30-21-13-11-20(12-14-21)23-17-26-25(22(27-23)15-18-9-5-6-10-18)28-24(29)16-19-7-3-2-4-8-19/h11-14,17-19H,2-10,15-16H2,1H3,(H,26,28,29). The van der Waals surface area contributed by atoms with Crippen molar-refractivity contribution in [2.45, 2.75) is 70.6 Å². The minimum absolute atomic E-state index is 0.0843. The van der Waals surface area contributed by atoms with E-state index in [1.54, 1.807) is 13.3 Å². The molecule has 0 bridgehead atoms. The number of hydrogen-bond acceptors (Lipinski definition) is 4. The van der Waals surface area contributed by atoms with Gasteiger partial charge in [-0.25, -0.2) is 9.97 Å². The van der Waals surface area contributed by atoms with Gasteiger partial charge in [-0.3, -0.25) is 4.79 Å². The van der Waals surface area contributed by atoms with Crippen LogP contribution in [0.5, 0.6) is 5.75 Å². The molecule has 5 heteroatoms. The van der Waals surface area contributed by atoms with Gasteiger partial charge in [0.25, 0.3) is 0 Å². The number of carbonyl (C=O) groups excluding carboxylic acids is 1. The van der Waals surface area contributed by atoms with Gasteiger partial charge in [-0.2, -0.15) is 0 Å². The topological polar surface area (TPSA) is 64.1 Å². The summed E-state index contributed by atoms with van der Waals surface area (Å²) in [5.74, 6) is 2.72. The Bertz CT molecular complexity index is 838. The van der Waals surface area contributed by atoms with Crippen molar-refractivity contribution in [1.82, 2.24) is 9.97 Å². The summed E-state index contributed by atoms with van der Waals surface area (Å²) in [5.41, 5.74) is 2.78. The molecule has 1 aromatic carbocycles. The van der Waals surface area contributed by atoms with E-state index in [9.17, 15) is 4.79 Å². The van der Waals surface area contributed by atoms with Crippen molar-refractivity contribution in [1.29, 1.82) is 0 Å². The first-order chi connectivity index (χ1) is 14.7. The Hall–Kier alpha value is -2.43. The second-order valence-corrected chi connectivity index (χ2v) is 8.89. The summed E-state index contributed by atoms with van der Waals surface area (Å²) in [6, 6.07) is 7.88. The van der Waals surface area contributed by atoms with Crippen LogP contribution >= 0.6 is 0 Å². The molecule has 2 aromatic rings. The van der Waals surface area contributed by atoms with Gasteiger partial charge in [0.1, 0.15) is 5.75 Å². The van der Waals surface area contributed by atoms with Crippen molar-refractivity contribution in [2.24, 2.45) is 11.8 Å². The van der Waals surface area contributed by atoms with E-state index >= 15 is 0 Å². The first-order valence-electron chi connectivity index (χ1n) is 11.5. The Balaban J connectivity index is 1.52. The molecule has 160 valence electrons. The van der Waals surface area contributed by atoms with Crippen LogP contribution in [0, 0.1) is 11.8 Å². The largest absolute Gasteiger partial charge is 0.497 e. The summed E-state index contributed by atoms with van der Waals surface area (Å²) >= 11 is 0. The summed E-state index contributed by atoms with van der Waals surface area (Å²) in [5, 5.41) is 3.10. The lowest BCUT2D eigenvalue weighted by molar-refractivity contribution is -0.117. The number of amides is 1. The first-order valence-corrected chi connectivity index (χ1v) is 11.5. The van der Waals surface area contributed by atoms with E-state index in [1.807, 2.05) is 24.3 Å². The molecule has 0 unspecified atom stereocenters. The van der Waals surface area contributed by atoms with Gasteiger partial charge in [0.05, 0.1) is 24.7 Å². The normalized spacial score (nSPS) is 17.8. The zero-order chi connectivity index (χ0) is 20.8. The number of rotatable bonds is 7. The fourth-order valence-electron chi connectivity index (χ4n) is 4.90. The number of benzene rings is 1. The quantitative estimate of drug-likeness (QED) is 0.630. The van der Waals surface area contributed by atoms with Gasteiger partial charge in [0, 0.05) is 12.0 Å². The molecule has 2 aliphatic rings. The molecule has 2 saturated carbocycles. The first kappa shape index (κ1) is 20.8. The summed E-state index contributed by atoms with van der Waals surface area (Å²) < 4.78 is 5.26. The molecule has 0 saturated heterocycles.